The van der Waals surface area contributed by atoms with Crippen LogP contribution in [0.25, 0.3) is 0 Å². The summed E-state index contributed by atoms with van der Waals surface area (Å²) in [4.78, 5) is 15.8. The SMILES string of the molecule is CCC#CCN1CCN(Cc2ccccc2F)C(=O)C1. The van der Waals surface area contributed by atoms with E-state index in [1.54, 1.807) is 23.1 Å². The van der Waals surface area contributed by atoms with Crippen LogP contribution in [0.5, 0.6) is 0 Å². The molecule has 0 unspecified atom stereocenters. The number of nitrogens with zero attached hydrogens (tertiary/aromatic N) is 2. The number of hydrogen-bond donors (Lipinski definition) is 0. The van der Waals surface area contributed by atoms with Crippen molar-refractivity contribution < 1.29 is 9.18 Å². The molecule has 4 heteroatoms. The Hall–Kier alpha value is -1.86. The molecule has 3 nitrogen and oxygen atoms in total. The minimum atomic E-state index is -0.253. The van der Waals surface area contributed by atoms with Crippen molar-refractivity contribution in [1.82, 2.24) is 9.80 Å². The molecule has 0 N–H and O–H groups in total. The average Bonchev–Trinajstić information content (AvgIpc) is 2.44. The van der Waals surface area contributed by atoms with Crippen LogP contribution in [0, 0.1) is 17.7 Å². The zero-order valence-electron chi connectivity index (χ0n) is 11.7. The third-order valence-corrected chi connectivity index (χ3v) is 3.32. The Morgan fingerprint density at radius 3 is 2.75 bits per heavy atom. The fourth-order valence-corrected chi connectivity index (χ4v) is 2.18. The molecule has 1 saturated heterocycles. The van der Waals surface area contributed by atoms with Gasteiger partial charge in [0.25, 0.3) is 0 Å². The van der Waals surface area contributed by atoms with Gasteiger partial charge in [-0.05, 0) is 6.07 Å². The highest BCUT2D eigenvalue weighted by molar-refractivity contribution is 5.79. The molecule has 1 amide bonds. The lowest BCUT2D eigenvalue weighted by molar-refractivity contribution is -0.136. The molecule has 1 aliphatic heterocycles. The van der Waals surface area contributed by atoms with Gasteiger partial charge >= 0.3 is 0 Å². The van der Waals surface area contributed by atoms with Gasteiger partial charge < -0.3 is 4.90 Å². The molecule has 0 spiro atoms. The van der Waals surface area contributed by atoms with Crippen molar-refractivity contribution in [3.63, 3.8) is 0 Å². The third-order valence-electron chi connectivity index (χ3n) is 3.32. The molecule has 106 valence electrons. The molecule has 1 heterocycles. The van der Waals surface area contributed by atoms with E-state index in [4.69, 9.17) is 0 Å². The van der Waals surface area contributed by atoms with Crippen molar-refractivity contribution in [2.24, 2.45) is 0 Å². The highest BCUT2D eigenvalue weighted by Gasteiger charge is 2.23. The standard InChI is InChI=1S/C16H19FN2O/c1-2-3-6-9-18-10-11-19(16(20)13-18)12-14-7-4-5-8-15(14)17/h4-5,7-8H,2,9-13H2,1H3. The van der Waals surface area contributed by atoms with E-state index in [2.05, 4.69) is 11.8 Å². The van der Waals surface area contributed by atoms with Gasteiger partial charge in [-0.2, -0.15) is 0 Å². The maximum Gasteiger partial charge on any atom is 0.237 e. The second-order valence-electron chi connectivity index (χ2n) is 4.82. The lowest BCUT2D eigenvalue weighted by Crippen LogP contribution is -2.49. The Labute approximate surface area is 119 Å². The first-order valence-electron chi connectivity index (χ1n) is 6.90. The summed E-state index contributed by atoms with van der Waals surface area (Å²) in [5, 5.41) is 0. The van der Waals surface area contributed by atoms with Gasteiger partial charge in [0.15, 0.2) is 0 Å². The number of carbonyl (C=O) groups is 1. The van der Waals surface area contributed by atoms with Crippen LogP contribution in [-0.4, -0.2) is 41.9 Å². The second kappa shape index (κ2) is 7.06. The number of piperazine rings is 1. The number of rotatable bonds is 3. The van der Waals surface area contributed by atoms with E-state index in [0.717, 1.165) is 13.0 Å². The van der Waals surface area contributed by atoms with Gasteiger partial charge in [-0.3, -0.25) is 9.69 Å². The van der Waals surface area contributed by atoms with E-state index in [1.807, 2.05) is 11.8 Å². The molecule has 1 aromatic carbocycles. The topological polar surface area (TPSA) is 23.6 Å². The zero-order chi connectivity index (χ0) is 14.4. The van der Waals surface area contributed by atoms with Crippen molar-refractivity contribution in [3.8, 4) is 11.8 Å². The van der Waals surface area contributed by atoms with Gasteiger partial charge in [0.1, 0.15) is 5.82 Å². The van der Waals surface area contributed by atoms with Crippen molar-refractivity contribution in [1.29, 1.82) is 0 Å². The lowest BCUT2D eigenvalue weighted by atomic mass is 10.2. The predicted octanol–water partition coefficient (Wildman–Crippen LogP) is 1.88. The molecule has 0 aliphatic carbocycles. The van der Waals surface area contributed by atoms with Crippen LogP contribution in [0.4, 0.5) is 4.39 Å². The minimum absolute atomic E-state index is 0.0396. The molecular weight excluding hydrogens is 255 g/mol. The molecule has 0 atom stereocenters. The van der Waals surface area contributed by atoms with Crippen molar-refractivity contribution in [2.45, 2.75) is 19.9 Å². The van der Waals surface area contributed by atoms with E-state index < -0.39 is 0 Å². The second-order valence-corrected chi connectivity index (χ2v) is 4.82. The van der Waals surface area contributed by atoms with Crippen molar-refractivity contribution >= 4 is 5.91 Å². The quantitative estimate of drug-likeness (QED) is 0.786. The summed E-state index contributed by atoms with van der Waals surface area (Å²) in [5.74, 6) is 5.83. The minimum Gasteiger partial charge on any atom is -0.336 e. The highest BCUT2D eigenvalue weighted by Crippen LogP contribution is 2.12. The smallest absolute Gasteiger partial charge is 0.237 e. The summed E-state index contributed by atoms with van der Waals surface area (Å²) in [5.41, 5.74) is 0.570. The van der Waals surface area contributed by atoms with Crippen LogP contribution in [0.2, 0.25) is 0 Å². The molecule has 0 saturated carbocycles. The first kappa shape index (κ1) is 14.5. The number of benzene rings is 1. The van der Waals surface area contributed by atoms with E-state index in [1.165, 1.54) is 6.07 Å². The molecular formula is C16H19FN2O. The normalized spacial score (nSPS) is 15.9. The van der Waals surface area contributed by atoms with E-state index >= 15 is 0 Å². The third kappa shape index (κ3) is 3.82. The summed E-state index contributed by atoms with van der Waals surface area (Å²) in [6.07, 6.45) is 0.835. The Morgan fingerprint density at radius 2 is 2.05 bits per heavy atom. The number of carbonyl (C=O) groups excluding carboxylic acids is 1. The number of halogens is 1. The highest BCUT2D eigenvalue weighted by atomic mass is 19.1. The Kier molecular flexibility index (Phi) is 5.14. The van der Waals surface area contributed by atoms with Gasteiger partial charge in [0.2, 0.25) is 5.91 Å². The Balaban J connectivity index is 1.90. The summed E-state index contributed by atoms with van der Waals surface area (Å²) in [6, 6.07) is 6.60. The molecule has 1 fully saturated rings. The Morgan fingerprint density at radius 1 is 1.25 bits per heavy atom. The van der Waals surface area contributed by atoms with Crippen LogP contribution >= 0.6 is 0 Å². The van der Waals surface area contributed by atoms with Crippen molar-refractivity contribution in [3.05, 3.63) is 35.6 Å². The van der Waals surface area contributed by atoms with E-state index in [0.29, 0.717) is 31.7 Å². The first-order valence-corrected chi connectivity index (χ1v) is 6.90. The number of amides is 1. The van der Waals surface area contributed by atoms with Gasteiger partial charge in [-0.25, -0.2) is 4.39 Å². The maximum atomic E-state index is 13.6. The molecule has 2 rings (SSSR count). The fourth-order valence-electron chi connectivity index (χ4n) is 2.18. The monoisotopic (exact) mass is 274 g/mol. The molecule has 1 aromatic rings. The van der Waals surface area contributed by atoms with Gasteiger partial charge in [0, 0.05) is 31.6 Å². The predicted molar refractivity (Wildman–Crippen MR) is 76.3 cm³/mol. The van der Waals surface area contributed by atoms with Crippen LogP contribution in [0.15, 0.2) is 24.3 Å². The fraction of sp³-hybridized carbons (Fsp3) is 0.438. The maximum absolute atomic E-state index is 13.6. The van der Waals surface area contributed by atoms with E-state index in [-0.39, 0.29) is 11.7 Å². The van der Waals surface area contributed by atoms with E-state index in [9.17, 15) is 9.18 Å². The van der Waals surface area contributed by atoms with Gasteiger partial charge in [-0.15, -0.1) is 5.92 Å². The molecule has 1 aliphatic rings. The summed E-state index contributed by atoms with van der Waals surface area (Å²) in [7, 11) is 0. The molecule has 0 aromatic heterocycles. The van der Waals surface area contributed by atoms with Crippen molar-refractivity contribution in [2.75, 3.05) is 26.2 Å². The van der Waals surface area contributed by atoms with Crippen LogP contribution in [0.1, 0.15) is 18.9 Å². The summed E-state index contributed by atoms with van der Waals surface area (Å²) < 4.78 is 13.6. The lowest BCUT2D eigenvalue weighted by Gasteiger charge is -2.33. The summed E-state index contributed by atoms with van der Waals surface area (Å²) >= 11 is 0. The summed E-state index contributed by atoms with van der Waals surface area (Å²) in [6.45, 7) is 4.77. The van der Waals surface area contributed by atoms with Gasteiger partial charge in [0.05, 0.1) is 13.1 Å². The van der Waals surface area contributed by atoms with Gasteiger partial charge in [-0.1, -0.05) is 31.0 Å². The molecule has 0 bridgehead atoms. The van der Waals surface area contributed by atoms with Crippen LogP contribution in [0.3, 0.4) is 0 Å². The Bertz CT molecular complexity index is 533. The number of hydrogen-bond acceptors (Lipinski definition) is 2. The average molecular weight is 274 g/mol. The molecule has 20 heavy (non-hydrogen) atoms. The molecule has 0 radical (unpaired) electrons. The first-order chi connectivity index (χ1) is 9.70. The zero-order valence-corrected chi connectivity index (χ0v) is 11.7. The van der Waals surface area contributed by atoms with Crippen LogP contribution < -0.4 is 0 Å². The van der Waals surface area contributed by atoms with Crippen LogP contribution in [-0.2, 0) is 11.3 Å². The largest absolute Gasteiger partial charge is 0.336 e.